The van der Waals surface area contributed by atoms with Gasteiger partial charge in [0.2, 0.25) is 17.7 Å². The summed E-state index contributed by atoms with van der Waals surface area (Å²) in [6.07, 6.45) is 5.39. The van der Waals surface area contributed by atoms with Gasteiger partial charge in [0.1, 0.15) is 30.0 Å². The van der Waals surface area contributed by atoms with E-state index in [9.17, 15) is 33.2 Å². The Morgan fingerprint density at radius 1 is 0.887 bits per heavy atom. The quantitative estimate of drug-likeness (QED) is 0.0835. The molecule has 3 aromatic carbocycles. The molecule has 4 aromatic rings. The Morgan fingerprint density at radius 3 is 2.45 bits per heavy atom. The van der Waals surface area contributed by atoms with Crippen LogP contribution in [0.15, 0.2) is 66.9 Å². The van der Waals surface area contributed by atoms with Crippen molar-refractivity contribution in [2.24, 2.45) is 11.8 Å². The highest BCUT2D eigenvalue weighted by Gasteiger charge is 2.46. The lowest BCUT2D eigenvalue weighted by atomic mass is 9.73. The number of carbonyl (C=O) groups excluding carboxylic acids is 6. The summed E-state index contributed by atoms with van der Waals surface area (Å²) < 4.78 is 36.6. The van der Waals surface area contributed by atoms with Gasteiger partial charge in [0, 0.05) is 42.2 Å². The van der Waals surface area contributed by atoms with E-state index in [2.05, 4.69) is 20.9 Å². The third-order valence-electron chi connectivity index (χ3n) is 11.5. The number of fused-ring (bicyclic) bond motifs is 2. The molecule has 3 aliphatic rings. The van der Waals surface area contributed by atoms with Crippen LogP contribution in [0.25, 0.3) is 10.9 Å². The van der Waals surface area contributed by atoms with Gasteiger partial charge in [-0.1, -0.05) is 24.6 Å². The summed E-state index contributed by atoms with van der Waals surface area (Å²) in [6.45, 7) is 2.86. The van der Waals surface area contributed by atoms with E-state index in [1.165, 1.54) is 24.3 Å². The van der Waals surface area contributed by atoms with Crippen molar-refractivity contribution in [3.8, 4) is 11.5 Å². The molecule has 2 atom stereocenters. The summed E-state index contributed by atoms with van der Waals surface area (Å²) in [5, 5.41) is 9.05. The molecule has 3 N–H and O–H groups in total. The van der Waals surface area contributed by atoms with Crippen LogP contribution < -0.4 is 25.4 Å². The zero-order valence-electron chi connectivity index (χ0n) is 34.1. The van der Waals surface area contributed by atoms with Crippen molar-refractivity contribution >= 4 is 63.6 Å². The van der Waals surface area contributed by atoms with Gasteiger partial charge in [0.15, 0.2) is 6.61 Å². The van der Waals surface area contributed by atoms with Gasteiger partial charge < -0.3 is 29.6 Å². The Bertz CT molecular complexity index is 2360. The highest BCUT2D eigenvalue weighted by molar-refractivity contribution is 6.32. The Balaban J connectivity index is 0.753. The Hall–Kier alpha value is -5.97. The Kier molecular flexibility index (Phi) is 14.4. The van der Waals surface area contributed by atoms with Crippen LogP contribution in [0, 0.1) is 17.7 Å². The lowest BCUT2D eigenvalue weighted by Gasteiger charge is -2.32. The van der Waals surface area contributed by atoms with Crippen LogP contribution in [0.4, 0.5) is 10.1 Å². The van der Waals surface area contributed by atoms with E-state index in [1.54, 1.807) is 36.5 Å². The van der Waals surface area contributed by atoms with E-state index in [-0.39, 0.29) is 98.8 Å². The average Bonchev–Trinajstić information content (AvgIpc) is 3.52. The average molecular weight is 872 g/mol. The van der Waals surface area contributed by atoms with Gasteiger partial charge in [-0.05, 0) is 98.0 Å². The number of benzene rings is 3. The molecule has 7 rings (SSSR count). The van der Waals surface area contributed by atoms with Crippen LogP contribution in [0.3, 0.4) is 0 Å². The second-order valence-electron chi connectivity index (χ2n) is 15.4. The fourth-order valence-electron chi connectivity index (χ4n) is 8.18. The number of nitrogens with one attached hydrogen (secondary N) is 3. The van der Waals surface area contributed by atoms with Crippen LogP contribution in [-0.4, -0.2) is 97.6 Å². The molecule has 3 heterocycles. The molecular weight excluding hydrogens is 825 g/mol. The Morgan fingerprint density at radius 2 is 1.66 bits per heavy atom. The molecule has 326 valence electrons. The highest BCUT2D eigenvalue weighted by atomic mass is 35.5. The molecule has 0 radical (unpaired) electrons. The number of halogens is 2. The van der Waals surface area contributed by atoms with Crippen LogP contribution >= 0.6 is 11.6 Å². The smallest absolute Gasteiger partial charge is 0.266 e. The highest BCUT2D eigenvalue weighted by Crippen LogP contribution is 2.41. The second kappa shape index (κ2) is 20.3. The molecule has 1 aliphatic carbocycles. The van der Waals surface area contributed by atoms with Crippen molar-refractivity contribution in [1.82, 2.24) is 20.5 Å². The first-order valence-electron chi connectivity index (χ1n) is 20.7. The normalized spacial score (nSPS) is 19.2. The van der Waals surface area contributed by atoms with E-state index >= 15 is 0 Å². The Labute approximate surface area is 361 Å². The molecule has 1 aromatic heterocycles. The number of hydrogen-bond donors (Lipinski definition) is 3. The molecule has 2 aliphatic heterocycles. The topological polar surface area (TPSA) is 192 Å². The minimum atomic E-state index is -1.12. The van der Waals surface area contributed by atoms with E-state index in [0.717, 1.165) is 47.0 Å². The van der Waals surface area contributed by atoms with Crippen LogP contribution in [-0.2, 0) is 28.7 Å². The van der Waals surface area contributed by atoms with Gasteiger partial charge in [-0.3, -0.25) is 44.0 Å². The number of nitrogens with zero attached hydrogens (tertiary/aromatic N) is 2. The number of anilines is 1. The van der Waals surface area contributed by atoms with Gasteiger partial charge in [-0.15, -0.1) is 0 Å². The number of piperidine rings is 1. The first kappa shape index (κ1) is 44.1. The molecule has 1 saturated heterocycles. The summed E-state index contributed by atoms with van der Waals surface area (Å²) >= 11 is 6.37. The maximum Gasteiger partial charge on any atom is 0.266 e. The summed E-state index contributed by atoms with van der Waals surface area (Å²) in [6, 6.07) is 15.1. The van der Waals surface area contributed by atoms with E-state index < -0.39 is 42.2 Å². The molecule has 0 spiro atoms. The summed E-state index contributed by atoms with van der Waals surface area (Å²) in [5.74, 6) is -2.71. The molecule has 1 saturated carbocycles. The van der Waals surface area contributed by atoms with Crippen molar-refractivity contribution in [3.05, 3.63) is 94.4 Å². The lowest BCUT2D eigenvalue weighted by Crippen LogP contribution is -2.54. The van der Waals surface area contributed by atoms with Gasteiger partial charge in [-0.25, -0.2) is 4.39 Å². The SMILES string of the molecule is C[C@@H](C(=O)Nc1ccc(Cl)c(OCCOCCOCCNC(=O)COc2cccc3c2C(=O)N(C2CCC(=O)NC2=O)C3=O)c1)[C@H]1CC[C@@H](c2ccnc3ccc(F)cc32)CC1. The fourth-order valence-corrected chi connectivity index (χ4v) is 8.35. The molecular formula is C45H47ClFN5O10. The van der Waals surface area contributed by atoms with Crippen molar-refractivity contribution in [1.29, 1.82) is 0 Å². The van der Waals surface area contributed by atoms with Gasteiger partial charge in [0.25, 0.3) is 17.7 Å². The third-order valence-corrected chi connectivity index (χ3v) is 11.8. The molecule has 0 bridgehead atoms. The first-order valence-corrected chi connectivity index (χ1v) is 21.0. The van der Waals surface area contributed by atoms with Gasteiger partial charge in [0.05, 0.1) is 48.1 Å². The summed E-state index contributed by atoms with van der Waals surface area (Å²) in [5.41, 5.74) is 2.47. The van der Waals surface area contributed by atoms with Gasteiger partial charge >= 0.3 is 0 Å². The van der Waals surface area contributed by atoms with E-state index in [1.807, 2.05) is 13.0 Å². The lowest BCUT2D eigenvalue weighted by molar-refractivity contribution is -0.136. The van der Waals surface area contributed by atoms with Crippen molar-refractivity contribution < 1.29 is 52.1 Å². The predicted octanol–water partition coefficient (Wildman–Crippen LogP) is 5.58. The maximum absolute atomic E-state index is 14.0. The largest absolute Gasteiger partial charge is 0.490 e. The van der Waals surface area contributed by atoms with Crippen LogP contribution in [0.5, 0.6) is 11.5 Å². The molecule has 17 heteroatoms. The summed E-state index contributed by atoms with van der Waals surface area (Å²) in [4.78, 5) is 81.1. The number of imide groups is 2. The third kappa shape index (κ3) is 10.4. The monoisotopic (exact) mass is 871 g/mol. The minimum Gasteiger partial charge on any atom is -0.490 e. The van der Waals surface area contributed by atoms with Crippen LogP contribution in [0.1, 0.15) is 77.6 Å². The number of hydrogen-bond acceptors (Lipinski definition) is 11. The second-order valence-corrected chi connectivity index (χ2v) is 15.8. The molecule has 6 amide bonds. The molecule has 15 nitrogen and oxygen atoms in total. The fraction of sp³-hybridized carbons (Fsp3) is 0.400. The molecule has 62 heavy (non-hydrogen) atoms. The predicted molar refractivity (Wildman–Crippen MR) is 224 cm³/mol. The minimum absolute atomic E-state index is 0.00164. The van der Waals surface area contributed by atoms with Crippen molar-refractivity contribution in [2.75, 3.05) is 51.5 Å². The zero-order chi connectivity index (χ0) is 43.8. The summed E-state index contributed by atoms with van der Waals surface area (Å²) in [7, 11) is 0. The standard InChI is InChI=1S/C45H47ClFN5O10/c1-26(27-5-7-28(8-6-27)31-15-16-48-35-12-9-29(47)23-33(31)35)42(55)50-30-10-11-34(46)38(24-30)61-22-21-60-20-19-59-18-17-49-40(54)25-62-37-4-2-3-32-41(37)45(58)52(44(32)57)36-13-14-39(53)51-43(36)56/h2-4,9-12,15-16,23-24,26-28,36H,5-8,13-14,17-22,25H2,1H3,(H,49,54)(H,50,55)(H,51,53,56)/t26-,27-,28+,36?/m1/s1. The number of rotatable bonds is 18. The van der Waals surface area contributed by atoms with Gasteiger partial charge in [-0.2, -0.15) is 0 Å². The van der Waals surface area contributed by atoms with Crippen LogP contribution in [0.2, 0.25) is 5.02 Å². The molecule has 2 fully saturated rings. The first-order chi connectivity index (χ1) is 30.0. The number of pyridine rings is 1. The number of amides is 6. The number of ether oxygens (including phenoxy) is 4. The van der Waals surface area contributed by atoms with E-state index in [0.29, 0.717) is 16.5 Å². The maximum atomic E-state index is 14.0. The van der Waals surface area contributed by atoms with E-state index in [4.69, 9.17) is 30.5 Å². The van der Waals surface area contributed by atoms with Crippen molar-refractivity contribution in [3.63, 3.8) is 0 Å². The zero-order valence-corrected chi connectivity index (χ0v) is 34.8. The van der Waals surface area contributed by atoms with Crippen molar-refractivity contribution in [2.45, 2.75) is 57.4 Å². The number of aromatic nitrogens is 1. The molecule has 1 unspecified atom stereocenters. The number of carbonyl (C=O) groups is 6.